The van der Waals surface area contributed by atoms with E-state index in [9.17, 15) is 9.59 Å². The van der Waals surface area contributed by atoms with Crippen LogP contribution in [0.15, 0.2) is 23.8 Å². The number of hydrogen-bond acceptors (Lipinski definition) is 6. The highest BCUT2D eigenvalue weighted by Gasteiger charge is 2.38. The van der Waals surface area contributed by atoms with E-state index < -0.39 is 17.7 Å². The molecule has 0 unspecified atom stereocenters. The first kappa shape index (κ1) is 15.9. The van der Waals surface area contributed by atoms with Gasteiger partial charge in [-0.15, -0.1) is 0 Å². The van der Waals surface area contributed by atoms with E-state index >= 15 is 0 Å². The molecule has 0 spiro atoms. The summed E-state index contributed by atoms with van der Waals surface area (Å²) in [5.41, 5.74) is 0.444. The number of methoxy groups -OCH3 is 1. The molecular formula is C16H18O6. The van der Waals surface area contributed by atoms with Gasteiger partial charge in [0.2, 0.25) is 0 Å². The molecule has 0 radical (unpaired) electrons. The molecule has 22 heavy (non-hydrogen) atoms. The molecule has 0 saturated carbocycles. The molecule has 2 rings (SSSR count). The summed E-state index contributed by atoms with van der Waals surface area (Å²) in [6.07, 6.45) is 1.40. The Balaban J connectivity index is 2.34. The van der Waals surface area contributed by atoms with E-state index in [0.717, 1.165) is 0 Å². The zero-order chi connectivity index (χ0) is 16.3. The molecule has 1 saturated heterocycles. The van der Waals surface area contributed by atoms with Crippen molar-refractivity contribution in [2.75, 3.05) is 13.7 Å². The Morgan fingerprint density at radius 1 is 1.14 bits per heavy atom. The molecule has 0 aromatic heterocycles. The molecule has 118 valence electrons. The minimum absolute atomic E-state index is 0.160. The first-order chi connectivity index (χ1) is 10.4. The second-order valence-electron chi connectivity index (χ2n) is 5.08. The number of rotatable bonds is 4. The Kier molecular flexibility index (Phi) is 4.40. The number of esters is 2. The second kappa shape index (κ2) is 6.09. The average molecular weight is 306 g/mol. The molecule has 6 nitrogen and oxygen atoms in total. The lowest BCUT2D eigenvalue weighted by Gasteiger charge is -2.29. The van der Waals surface area contributed by atoms with E-state index in [1.165, 1.54) is 27.0 Å². The van der Waals surface area contributed by atoms with Gasteiger partial charge in [0, 0.05) is 13.8 Å². The number of hydrogen-bond donors (Lipinski definition) is 0. The van der Waals surface area contributed by atoms with Gasteiger partial charge in [-0.2, -0.15) is 0 Å². The van der Waals surface area contributed by atoms with Crippen LogP contribution in [0.4, 0.5) is 0 Å². The second-order valence-corrected chi connectivity index (χ2v) is 5.08. The van der Waals surface area contributed by atoms with Crippen molar-refractivity contribution in [2.24, 2.45) is 0 Å². The lowest BCUT2D eigenvalue weighted by atomic mass is 10.1. The molecule has 0 aliphatic carbocycles. The minimum Gasteiger partial charge on any atom is -0.493 e. The third kappa shape index (κ3) is 3.39. The van der Waals surface area contributed by atoms with Crippen LogP contribution >= 0.6 is 0 Å². The van der Waals surface area contributed by atoms with Crippen molar-refractivity contribution in [3.8, 4) is 11.5 Å². The standard InChI is InChI=1S/C16H18O6/c1-5-20-13-9-10(6-7-12(13)19-4)8-11-14(17)21-16(2,3)22-15(11)18/h6-9H,5H2,1-4H3. The molecule has 6 heteroatoms. The fourth-order valence-corrected chi connectivity index (χ4v) is 2.00. The number of carbonyl (C=O) groups excluding carboxylic acids is 2. The summed E-state index contributed by atoms with van der Waals surface area (Å²) in [6, 6.07) is 5.07. The maximum atomic E-state index is 11.9. The number of cyclic esters (lactones) is 2. The summed E-state index contributed by atoms with van der Waals surface area (Å²) >= 11 is 0. The molecule has 1 aliphatic rings. The summed E-state index contributed by atoms with van der Waals surface area (Å²) in [5, 5.41) is 0. The molecule has 1 aromatic carbocycles. The van der Waals surface area contributed by atoms with Gasteiger partial charge in [0.15, 0.2) is 11.5 Å². The fourth-order valence-electron chi connectivity index (χ4n) is 2.00. The third-order valence-electron chi connectivity index (χ3n) is 2.92. The van der Waals surface area contributed by atoms with Gasteiger partial charge in [-0.25, -0.2) is 9.59 Å². The van der Waals surface area contributed by atoms with Crippen LogP contribution in [0.3, 0.4) is 0 Å². The monoisotopic (exact) mass is 306 g/mol. The maximum absolute atomic E-state index is 11.9. The van der Waals surface area contributed by atoms with E-state index in [2.05, 4.69) is 0 Å². The Morgan fingerprint density at radius 2 is 1.77 bits per heavy atom. The van der Waals surface area contributed by atoms with Crippen LogP contribution in [-0.4, -0.2) is 31.4 Å². The van der Waals surface area contributed by atoms with E-state index in [-0.39, 0.29) is 5.57 Å². The molecule has 1 heterocycles. The first-order valence-corrected chi connectivity index (χ1v) is 6.85. The number of carbonyl (C=O) groups is 2. The topological polar surface area (TPSA) is 71.1 Å². The van der Waals surface area contributed by atoms with Gasteiger partial charge in [-0.05, 0) is 30.7 Å². The normalized spacial score (nSPS) is 16.6. The van der Waals surface area contributed by atoms with Crippen LogP contribution in [-0.2, 0) is 19.1 Å². The maximum Gasteiger partial charge on any atom is 0.348 e. The Bertz CT molecular complexity index is 608. The van der Waals surface area contributed by atoms with E-state index in [1.807, 2.05) is 6.92 Å². The average Bonchev–Trinajstić information content (AvgIpc) is 2.42. The van der Waals surface area contributed by atoms with Crippen molar-refractivity contribution >= 4 is 18.0 Å². The van der Waals surface area contributed by atoms with Crippen LogP contribution < -0.4 is 9.47 Å². The van der Waals surface area contributed by atoms with Gasteiger partial charge in [0.25, 0.3) is 5.79 Å². The van der Waals surface area contributed by atoms with E-state index in [0.29, 0.717) is 23.7 Å². The van der Waals surface area contributed by atoms with Crippen molar-refractivity contribution in [1.29, 1.82) is 0 Å². The molecule has 0 N–H and O–H groups in total. The van der Waals surface area contributed by atoms with Crippen LogP contribution in [0.1, 0.15) is 26.3 Å². The SMILES string of the molecule is CCOc1cc(C=C2C(=O)OC(C)(C)OC2=O)ccc1OC. The van der Waals surface area contributed by atoms with Crippen molar-refractivity contribution < 1.29 is 28.5 Å². The largest absolute Gasteiger partial charge is 0.493 e. The van der Waals surface area contributed by atoms with Gasteiger partial charge in [-0.3, -0.25) is 0 Å². The lowest BCUT2D eigenvalue weighted by Crippen LogP contribution is -2.41. The first-order valence-electron chi connectivity index (χ1n) is 6.85. The molecular weight excluding hydrogens is 288 g/mol. The Morgan fingerprint density at radius 3 is 2.32 bits per heavy atom. The number of benzene rings is 1. The Hall–Kier alpha value is -2.50. The molecule has 0 bridgehead atoms. The smallest absolute Gasteiger partial charge is 0.348 e. The van der Waals surface area contributed by atoms with Gasteiger partial charge < -0.3 is 18.9 Å². The van der Waals surface area contributed by atoms with Crippen LogP contribution in [0.5, 0.6) is 11.5 Å². The Labute approximate surface area is 128 Å². The van der Waals surface area contributed by atoms with Gasteiger partial charge >= 0.3 is 11.9 Å². The summed E-state index contributed by atoms with van der Waals surface area (Å²) in [6.45, 7) is 5.32. The van der Waals surface area contributed by atoms with Crippen molar-refractivity contribution in [1.82, 2.24) is 0 Å². The van der Waals surface area contributed by atoms with Crippen LogP contribution in [0.2, 0.25) is 0 Å². The molecule has 0 atom stereocenters. The van der Waals surface area contributed by atoms with Gasteiger partial charge in [0.1, 0.15) is 5.57 Å². The van der Waals surface area contributed by atoms with Crippen LogP contribution in [0, 0.1) is 0 Å². The third-order valence-corrected chi connectivity index (χ3v) is 2.92. The predicted octanol–water partition coefficient (Wildman–Crippen LogP) is 2.31. The quantitative estimate of drug-likeness (QED) is 0.483. The fraction of sp³-hybridized carbons (Fsp3) is 0.375. The summed E-state index contributed by atoms with van der Waals surface area (Å²) in [5.74, 6) is -1.58. The minimum atomic E-state index is -1.25. The van der Waals surface area contributed by atoms with Crippen LogP contribution in [0.25, 0.3) is 6.08 Å². The van der Waals surface area contributed by atoms with Crippen molar-refractivity contribution in [3.63, 3.8) is 0 Å². The molecule has 0 amide bonds. The van der Waals surface area contributed by atoms with Crippen molar-refractivity contribution in [2.45, 2.75) is 26.6 Å². The van der Waals surface area contributed by atoms with E-state index in [4.69, 9.17) is 18.9 Å². The van der Waals surface area contributed by atoms with E-state index in [1.54, 1.807) is 18.2 Å². The highest BCUT2D eigenvalue weighted by atomic mass is 16.7. The van der Waals surface area contributed by atoms with Crippen molar-refractivity contribution in [3.05, 3.63) is 29.3 Å². The highest BCUT2D eigenvalue weighted by Crippen LogP contribution is 2.30. The lowest BCUT2D eigenvalue weighted by molar-refractivity contribution is -0.222. The molecule has 1 aromatic rings. The summed E-state index contributed by atoms with van der Waals surface area (Å²) < 4.78 is 20.7. The van der Waals surface area contributed by atoms with Gasteiger partial charge in [0.05, 0.1) is 13.7 Å². The molecule has 1 aliphatic heterocycles. The molecule has 1 fully saturated rings. The zero-order valence-corrected chi connectivity index (χ0v) is 13.0. The highest BCUT2D eigenvalue weighted by molar-refractivity contribution is 6.18. The van der Waals surface area contributed by atoms with Gasteiger partial charge in [-0.1, -0.05) is 6.07 Å². The summed E-state index contributed by atoms with van der Waals surface area (Å²) in [7, 11) is 1.54. The zero-order valence-electron chi connectivity index (χ0n) is 13.0. The summed E-state index contributed by atoms with van der Waals surface area (Å²) in [4.78, 5) is 23.8. The predicted molar refractivity (Wildman–Crippen MR) is 78.4 cm³/mol. The number of ether oxygens (including phenoxy) is 4.